The topological polar surface area (TPSA) is 49.4 Å². The lowest BCUT2D eigenvalue weighted by molar-refractivity contribution is -0.135. The molecular weight excluding hydrogens is 252 g/mol. The normalized spacial score (nSPS) is 25.1. The van der Waals surface area contributed by atoms with Crippen molar-refractivity contribution in [1.29, 1.82) is 0 Å². The van der Waals surface area contributed by atoms with Crippen LogP contribution in [0.2, 0.25) is 0 Å². The highest BCUT2D eigenvalue weighted by Crippen LogP contribution is 2.36. The summed E-state index contributed by atoms with van der Waals surface area (Å²) in [6, 6.07) is 9.20. The number of benzene rings is 1. The minimum absolute atomic E-state index is 0.0291. The fourth-order valence-electron chi connectivity index (χ4n) is 2.90. The molecule has 4 nitrogen and oxygen atoms in total. The smallest absolute Gasteiger partial charge is 0.250 e. The number of hydrogen-bond donors (Lipinski definition) is 1. The van der Waals surface area contributed by atoms with Gasteiger partial charge in [0.2, 0.25) is 11.8 Å². The third-order valence-electron chi connectivity index (χ3n) is 4.34. The van der Waals surface area contributed by atoms with Gasteiger partial charge in [-0.05, 0) is 31.2 Å². The van der Waals surface area contributed by atoms with Crippen molar-refractivity contribution >= 4 is 11.8 Å². The lowest BCUT2D eigenvalue weighted by Gasteiger charge is -2.30. The van der Waals surface area contributed by atoms with E-state index in [0.717, 1.165) is 5.56 Å². The van der Waals surface area contributed by atoms with E-state index in [1.807, 2.05) is 35.2 Å². The zero-order chi connectivity index (χ0) is 14.1. The first-order valence-electron chi connectivity index (χ1n) is 7.31. The van der Waals surface area contributed by atoms with Crippen LogP contribution in [0.1, 0.15) is 37.8 Å². The van der Waals surface area contributed by atoms with Crippen molar-refractivity contribution in [2.45, 2.75) is 38.3 Å². The number of carbonyl (C=O) groups excluding carboxylic acids is 2. The number of nitrogens with zero attached hydrogens (tertiary/aromatic N) is 1. The molecule has 3 rings (SSSR count). The van der Waals surface area contributed by atoms with Crippen LogP contribution in [-0.2, 0) is 9.59 Å². The highest BCUT2D eigenvalue weighted by Gasteiger charge is 2.39. The summed E-state index contributed by atoms with van der Waals surface area (Å²) in [4.78, 5) is 26.5. The van der Waals surface area contributed by atoms with Gasteiger partial charge >= 0.3 is 0 Å². The number of rotatable bonds is 3. The molecule has 2 unspecified atom stereocenters. The van der Waals surface area contributed by atoms with Gasteiger partial charge in [-0.3, -0.25) is 9.59 Å². The minimum atomic E-state index is -0.535. The number of hydrogen-bond acceptors (Lipinski definition) is 2. The van der Waals surface area contributed by atoms with Gasteiger partial charge in [0.15, 0.2) is 0 Å². The maximum atomic E-state index is 12.8. The Balaban J connectivity index is 1.87. The molecular formula is C16H20N2O2. The summed E-state index contributed by atoms with van der Waals surface area (Å²) in [7, 11) is 0. The van der Waals surface area contributed by atoms with Gasteiger partial charge in [-0.25, -0.2) is 0 Å². The van der Waals surface area contributed by atoms with E-state index in [0.29, 0.717) is 18.9 Å². The van der Waals surface area contributed by atoms with Crippen LogP contribution in [-0.4, -0.2) is 29.3 Å². The summed E-state index contributed by atoms with van der Waals surface area (Å²) >= 11 is 0. The molecule has 2 amide bonds. The van der Waals surface area contributed by atoms with Gasteiger partial charge < -0.3 is 10.2 Å². The summed E-state index contributed by atoms with van der Waals surface area (Å²) in [5, 5.41) is 2.86. The van der Waals surface area contributed by atoms with Gasteiger partial charge in [-0.1, -0.05) is 30.3 Å². The monoisotopic (exact) mass is 272 g/mol. The van der Waals surface area contributed by atoms with Crippen LogP contribution in [0, 0.1) is 5.92 Å². The fourth-order valence-corrected chi connectivity index (χ4v) is 2.90. The Morgan fingerprint density at radius 1 is 1.20 bits per heavy atom. The van der Waals surface area contributed by atoms with E-state index in [-0.39, 0.29) is 17.9 Å². The van der Waals surface area contributed by atoms with Crippen LogP contribution in [0.25, 0.3) is 0 Å². The first-order chi connectivity index (χ1) is 9.66. The van der Waals surface area contributed by atoms with Crippen molar-refractivity contribution in [2.24, 2.45) is 5.92 Å². The molecule has 0 aromatic heterocycles. The van der Waals surface area contributed by atoms with Crippen molar-refractivity contribution in [3.63, 3.8) is 0 Å². The van der Waals surface area contributed by atoms with Gasteiger partial charge in [0, 0.05) is 19.0 Å². The van der Waals surface area contributed by atoms with Crippen molar-refractivity contribution < 1.29 is 9.59 Å². The molecule has 0 radical (unpaired) electrons. The molecule has 1 aliphatic carbocycles. The van der Waals surface area contributed by atoms with Gasteiger partial charge in [-0.15, -0.1) is 0 Å². The van der Waals surface area contributed by atoms with Gasteiger partial charge in [0.25, 0.3) is 0 Å². The molecule has 0 bridgehead atoms. The molecule has 2 fully saturated rings. The van der Waals surface area contributed by atoms with E-state index in [9.17, 15) is 9.59 Å². The van der Waals surface area contributed by atoms with Crippen LogP contribution in [0.5, 0.6) is 0 Å². The van der Waals surface area contributed by atoms with Gasteiger partial charge in [-0.2, -0.15) is 0 Å². The molecule has 2 aliphatic rings. The molecule has 1 saturated carbocycles. The Labute approximate surface area is 119 Å². The molecule has 0 spiro atoms. The maximum Gasteiger partial charge on any atom is 0.250 e. The second-order valence-corrected chi connectivity index (χ2v) is 5.77. The number of nitrogens with one attached hydrogen (secondary N) is 1. The van der Waals surface area contributed by atoms with Crippen LogP contribution >= 0.6 is 0 Å². The molecule has 1 heterocycles. The Morgan fingerprint density at radius 3 is 2.55 bits per heavy atom. The van der Waals surface area contributed by atoms with E-state index in [4.69, 9.17) is 0 Å². The Hall–Kier alpha value is -1.84. The summed E-state index contributed by atoms with van der Waals surface area (Å²) in [5.74, 6) is 0.600. The SMILES string of the molecule is CC(C1CC1)N1CCC(=O)NC(c2ccccc2)C1=O. The molecule has 1 N–H and O–H groups in total. The van der Waals surface area contributed by atoms with E-state index >= 15 is 0 Å². The average molecular weight is 272 g/mol. The standard InChI is InChI=1S/C16H20N2O2/c1-11(12-7-8-12)18-10-9-14(19)17-15(16(18)20)13-5-3-2-4-6-13/h2-6,11-12,15H,7-10H2,1H3,(H,17,19). The van der Waals surface area contributed by atoms with E-state index in [1.165, 1.54) is 12.8 Å². The molecule has 4 heteroatoms. The van der Waals surface area contributed by atoms with Crippen LogP contribution < -0.4 is 5.32 Å². The lowest BCUT2D eigenvalue weighted by atomic mass is 10.0. The molecule has 2 atom stereocenters. The number of amides is 2. The van der Waals surface area contributed by atoms with Crippen molar-refractivity contribution in [1.82, 2.24) is 10.2 Å². The quantitative estimate of drug-likeness (QED) is 0.913. The highest BCUT2D eigenvalue weighted by atomic mass is 16.2. The van der Waals surface area contributed by atoms with Crippen LogP contribution in [0.3, 0.4) is 0 Å². The Kier molecular flexibility index (Phi) is 3.47. The number of carbonyl (C=O) groups is 2. The predicted octanol–water partition coefficient (Wildman–Crippen LogP) is 1.87. The molecule has 1 aliphatic heterocycles. The highest BCUT2D eigenvalue weighted by molar-refractivity contribution is 5.91. The molecule has 20 heavy (non-hydrogen) atoms. The van der Waals surface area contributed by atoms with Crippen LogP contribution in [0.4, 0.5) is 0 Å². The zero-order valence-electron chi connectivity index (χ0n) is 11.7. The zero-order valence-corrected chi connectivity index (χ0v) is 11.7. The summed E-state index contributed by atoms with van der Waals surface area (Å²) < 4.78 is 0. The third-order valence-corrected chi connectivity index (χ3v) is 4.34. The van der Waals surface area contributed by atoms with Crippen molar-refractivity contribution in [3.05, 3.63) is 35.9 Å². The van der Waals surface area contributed by atoms with Crippen molar-refractivity contribution in [3.8, 4) is 0 Å². The molecule has 1 aromatic rings. The molecule has 1 aromatic carbocycles. The predicted molar refractivity (Wildman–Crippen MR) is 75.8 cm³/mol. The molecule has 1 saturated heterocycles. The van der Waals surface area contributed by atoms with Gasteiger partial charge in [0.05, 0.1) is 0 Å². The first-order valence-corrected chi connectivity index (χ1v) is 7.31. The largest absolute Gasteiger partial charge is 0.340 e. The summed E-state index contributed by atoms with van der Waals surface area (Å²) in [5.41, 5.74) is 0.862. The van der Waals surface area contributed by atoms with E-state index in [1.54, 1.807) is 0 Å². The second-order valence-electron chi connectivity index (χ2n) is 5.77. The third kappa shape index (κ3) is 2.55. The van der Waals surface area contributed by atoms with E-state index in [2.05, 4.69) is 12.2 Å². The average Bonchev–Trinajstić information content (AvgIpc) is 3.29. The fraction of sp³-hybridized carbons (Fsp3) is 0.500. The first kappa shape index (κ1) is 13.2. The van der Waals surface area contributed by atoms with E-state index < -0.39 is 6.04 Å². The lowest BCUT2D eigenvalue weighted by Crippen LogP contribution is -2.43. The molecule has 106 valence electrons. The summed E-state index contributed by atoms with van der Waals surface area (Å²) in [6.07, 6.45) is 2.79. The van der Waals surface area contributed by atoms with Crippen molar-refractivity contribution in [2.75, 3.05) is 6.54 Å². The second kappa shape index (κ2) is 5.27. The summed E-state index contributed by atoms with van der Waals surface area (Å²) in [6.45, 7) is 2.64. The Morgan fingerprint density at radius 2 is 1.90 bits per heavy atom. The minimum Gasteiger partial charge on any atom is -0.340 e. The van der Waals surface area contributed by atoms with Gasteiger partial charge in [0.1, 0.15) is 6.04 Å². The van der Waals surface area contributed by atoms with Crippen LogP contribution in [0.15, 0.2) is 30.3 Å². The Bertz CT molecular complexity index is 510. The maximum absolute atomic E-state index is 12.8.